The average Bonchev–Trinajstić information content (AvgIpc) is 2.56. The van der Waals surface area contributed by atoms with Crippen molar-refractivity contribution in [1.29, 1.82) is 0 Å². The Morgan fingerprint density at radius 2 is 1.70 bits per heavy atom. The molecule has 0 unspecified atom stereocenters. The third-order valence-corrected chi connectivity index (χ3v) is 5.93. The van der Waals surface area contributed by atoms with Crippen LogP contribution in [0.25, 0.3) is 0 Å². The van der Waals surface area contributed by atoms with E-state index in [9.17, 15) is 4.79 Å². The minimum atomic E-state index is 0.198. The summed E-state index contributed by atoms with van der Waals surface area (Å²) in [6.45, 7) is 12.3. The van der Waals surface area contributed by atoms with E-state index in [1.807, 2.05) is 0 Å². The Morgan fingerprint density at radius 3 is 2.22 bits per heavy atom. The average molecular weight is 317 g/mol. The predicted molar refractivity (Wildman–Crippen MR) is 97.7 cm³/mol. The quantitative estimate of drug-likeness (QED) is 0.672. The largest absolute Gasteiger partial charge is 0.315 e. The molecule has 1 aromatic rings. The molecule has 1 fully saturated rings. The predicted octanol–water partition coefficient (Wildman–Crippen LogP) is 4.60. The van der Waals surface area contributed by atoms with Crippen LogP contribution in [0.5, 0.6) is 0 Å². The number of aryl methyl sites for hydroxylation is 2. The van der Waals surface area contributed by atoms with Crippen molar-refractivity contribution in [3.63, 3.8) is 0 Å². The van der Waals surface area contributed by atoms with Crippen LogP contribution in [0.15, 0.2) is 18.2 Å². The highest BCUT2D eigenvalue weighted by atomic mass is 16.1. The molecule has 0 radical (unpaired) electrons. The first-order chi connectivity index (χ1) is 11.0. The lowest BCUT2D eigenvalue weighted by Gasteiger charge is -2.46. The molecule has 128 valence electrons. The number of quaternary nitrogens is 1. The number of hydrogen-bond donors (Lipinski definition) is 0. The molecular weight excluding hydrogens is 282 g/mol. The third kappa shape index (κ3) is 4.03. The van der Waals surface area contributed by atoms with Crippen LogP contribution in [0.4, 0.5) is 0 Å². The van der Waals surface area contributed by atoms with Crippen molar-refractivity contribution >= 4 is 5.78 Å². The first kappa shape index (κ1) is 18.2. The first-order valence-electron chi connectivity index (χ1n) is 9.47. The van der Waals surface area contributed by atoms with E-state index < -0.39 is 0 Å². The summed E-state index contributed by atoms with van der Waals surface area (Å²) >= 11 is 0. The van der Waals surface area contributed by atoms with E-state index in [0.29, 0.717) is 12.2 Å². The number of ketones is 1. The van der Waals surface area contributed by atoms with Crippen molar-refractivity contribution in [2.45, 2.75) is 72.3 Å². The van der Waals surface area contributed by atoms with Crippen LogP contribution in [0.1, 0.15) is 62.6 Å². The molecule has 1 atom stereocenters. The van der Waals surface area contributed by atoms with Gasteiger partial charge < -0.3 is 4.48 Å². The Balaban J connectivity index is 2.24. The van der Waals surface area contributed by atoms with Gasteiger partial charge in [-0.25, -0.2) is 0 Å². The molecule has 0 amide bonds. The highest BCUT2D eigenvalue weighted by Gasteiger charge is 2.40. The SMILES string of the molecule is CCC[C@H](C(=O)Cc1c(C)cccc1C)[N+]1(CC)CCCCC1. The molecule has 1 saturated heterocycles. The zero-order valence-corrected chi connectivity index (χ0v) is 15.5. The van der Waals surface area contributed by atoms with Crippen LogP contribution in [-0.2, 0) is 11.2 Å². The Kier molecular flexibility index (Phi) is 6.41. The van der Waals surface area contributed by atoms with Crippen LogP contribution < -0.4 is 0 Å². The smallest absolute Gasteiger partial charge is 0.194 e. The summed E-state index contributed by atoms with van der Waals surface area (Å²) in [6, 6.07) is 6.56. The van der Waals surface area contributed by atoms with Crippen molar-refractivity contribution in [3.8, 4) is 0 Å². The van der Waals surface area contributed by atoms with Crippen LogP contribution in [0.3, 0.4) is 0 Å². The Hall–Kier alpha value is -1.15. The molecular formula is C21H34NO+. The Bertz CT molecular complexity index is 508. The molecule has 23 heavy (non-hydrogen) atoms. The van der Waals surface area contributed by atoms with Gasteiger partial charge in [0.25, 0.3) is 0 Å². The number of carbonyl (C=O) groups excluding carboxylic acids is 1. The van der Waals surface area contributed by atoms with E-state index in [4.69, 9.17) is 0 Å². The van der Waals surface area contributed by atoms with Gasteiger partial charge in [0, 0.05) is 12.8 Å². The van der Waals surface area contributed by atoms with Gasteiger partial charge in [0.15, 0.2) is 5.78 Å². The van der Waals surface area contributed by atoms with Crippen LogP contribution in [0, 0.1) is 13.8 Å². The second-order valence-electron chi connectivity index (χ2n) is 7.36. The maximum Gasteiger partial charge on any atom is 0.194 e. The number of likely N-dealkylation sites (N-methyl/N-ethyl adjacent to an activating group) is 1. The third-order valence-electron chi connectivity index (χ3n) is 5.93. The molecule has 1 aromatic carbocycles. The summed E-state index contributed by atoms with van der Waals surface area (Å²) in [5, 5.41) is 0. The van der Waals surface area contributed by atoms with Crippen molar-refractivity contribution in [1.82, 2.24) is 0 Å². The molecule has 1 aliphatic rings. The molecule has 2 nitrogen and oxygen atoms in total. The van der Waals surface area contributed by atoms with E-state index in [2.05, 4.69) is 45.9 Å². The zero-order valence-electron chi connectivity index (χ0n) is 15.5. The number of Topliss-reactive ketones (excluding diaryl/α,β-unsaturated/α-hetero) is 1. The zero-order chi connectivity index (χ0) is 16.9. The molecule has 0 aliphatic carbocycles. The molecule has 0 N–H and O–H groups in total. The van der Waals surface area contributed by atoms with Gasteiger partial charge >= 0.3 is 0 Å². The van der Waals surface area contributed by atoms with Gasteiger partial charge in [-0.2, -0.15) is 0 Å². The minimum absolute atomic E-state index is 0.198. The molecule has 0 saturated carbocycles. The lowest BCUT2D eigenvalue weighted by Crippen LogP contribution is -2.61. The molecule has 1 aliphatic heterocycles. The van der Waals surface area contributed by atoms with Gasteiger partial charge in [0.1, 0.15) is 6.04 Å². The fraction of sp³-hybridized carbons (Fsp3) is 0.667. The number of hydrogen-bond acceptors (Lipinski definition) is 1. The van der Waals surface area contributed by atoms with Gasteiger partial charge in [-0.05, 0) is 56.7 Å². The summed E-state index contributed by atoms with van der Waals surface area (Å²) in [5.74, 6) is 0.466. The molecule has 0 aromatic heterocycles. The fourth-order valence-corrected chi connectivity index (χ4v) is 4.42. The highest BCUT2D eigenvalue weighted by Crippen LogP contribution is 2.27. The summed E-state index contributed by atoms with van der Waals surface area (Å²) in [7, 11) is 0. The lowest BCUT2D eigenvalue weighted by atomic mass is 9.91. The van der Waals surface area contributed by atoms with Crippen molar-refractivity contribution in [2.24, 2.45) is 0 Å². The number of carbonyl (C=O) groups is 1. The van der Waals surface area contributed by atoms with Crippen LogP contribution >= 0.6 is 0 Å². The van der Waals surface area contributed by atoms with E-state index in [1.165, 1.54) is 49.0 Å². The van der Waals surface area contributed by atoms with E-state index in [0.717, 1.165) is 23.9 Å². The molecule has 0 bridgehead atoms. The number of likely N-dealkylation sites (tertiary alicyclic amines) is 1. The van der Waals surface area contributed by atoms with Gasteiger partial charge in [0.05, 0.1) is 19.6 Å². The van der Waals surface area contributed by atoms with Crippen molar-refractivity contribution in [2.75, 3.05) is 19.6 Å². The van der Waals surface area contributed by atoms with E-state index >= 15 is 0 Å². The maximum atomic E-state index is 13.3. The van der Waals surface area contributed by atoms with Gasteiger partial charge in [-0.1, -0.05) is 31.5 Å². The molecule has 2 heteroatoms. The van der Waals surface area contributed by atoms with Crippen LogP contribution in [0.2, 0.25) is 0 Å². The standard InChI is InChI=1S/C21H34NO/c1-5-11-20(22(6-2)14-8-7-9-15-22)21(23)16-19-17(3)12-10-13-18(19)4/h10,12-13,20H,5-9,11,14-16H2,1-4H3/q+1/t20-/m1/s1. The topological polar surface area (TPSA) is 17.1 Å². The summed E-state index contributed by atoms with van der Waals surface area (Å²) in [4.78, 5) is 13.3. The number of rotatable bonds is 7. The molecule has 2 rings (SSSR count). The lowest BCUT2D eigenvalue weighted by molar-refractivity contribution is -0.945. The maximum absolute atomic E-state index is 13.3. The van der Waals surface area contributed by atoms with Gasteiger partial charge in [-0.3, -0.25) is 4.79 Å². The number of benzene rings is 1. The molecule has 1 heterocycles. The second kappa shape index (κ2) is 8.10. The van der Waals surface area contributed by atoms with Crippen molar-refractivity contribution in [3.05, 3.63) is 34.9 Å². The highest BCUT2D eigenvalue weighted by molar-refractivity contribution is 5.85. The minimum Gasteiger partial charge on any atom is -0.315 e. The van der Waals surface area contributed by atoms with E-state index in [1.54, 1.807) is 0 Å². The fourth-order valence-electron chi connectivity index (χ4n) is 4.42. The number of nitrogens with zero attached hydrogens (tertiary/aromatic N) is 1. The van der Waals surface area contributed by atoms with Crippen LogP contribution in [-0.4, -0.2) is 35.9 Å². The summed E-state index contributed by atoms with van der Waals surface area (Å²) in [5.41, 5.74) is 3.77. The van der Waals surface area contributed by atoms with E-state index in [-0.39, 0.29) is 6.04 Å². The first-order valence-corrected chi connectivity index (χ1v) is 9.47. The number of piperidine rings is 1. The Labute approximate surface area is 142 Å². The van der Waals surface area contributed by atoms with Gasteiger partial charge in [0.2, 0.25) is 0 Å². The second-order valence-corrected chi connectivity index (χ2v) is 7.36. The molecule has 0 spiro atoms. The summed E-state index contributed by atoms with van der Waals surface area (Å²) < 4.78 is 1.04. The van der Waals surface area contributed by atoms with Gasteiger partial charge in [-0.15, -0.1) is 0 Å². The van der Waals surface area contributed by atoms with Crippen molar-refractivity contribution < 1.29 is 9.28 Å². The monoisotopic (exact) mass is 316 g/mol. The Morgan fingerprint density at radius 1 is 1.09 bits per heavy atom. The normalized spacial score (nSPS) is 18.6. The summed E-state index contributed by atoms with van der Waals surface area (Å²) in [6.07, 6.45) is 6.66.